The molecular formula is C34H38IN3O8S. The highest BCUT2D eigenvalue weighted by molar-refractivity contribution is 14.1. The van der Waals surface area contributed by atoms with Crippen molar-refractivity contribution in [3.63, 3.8) is 0 Å². The molecule has 250 valence electrons. The summed E-state index contributed by atoms with van der Waals surface area (Å²) in [5.74, 6) is 2.24. The molecule has 0 saturated carbocycles. The van der Waals surface area contributed by atoms with E-state index in [4.69, 9.17) is 21.5 Å². The molecule has 4 aromatic rings. The molecule has 0 unspecified atom stereocenters. The van der Waals surface area contributed by atoms with Gasteiger partial charge in [0.15, 0.2) is 0 Å². The average molecular weight is 776 g/mol. The second-order valence-corrected chi connectivity index (χ2v) is 14.8. The summed E-state index contributed by atoms with van der Waals surface area (Å²) < 4.78 is 31.8. The Hall–Kier alpha value is -3.24. The zero-order valence-electron chi connectivity index (χ0n) is 26.7. The number of hydrogen-bond donors (Lipinski definition) is 1. The minimum absolute atomic E-state index is 0.163. The van der Waals surface area contributed by atoms with Crippen molar-refractivity contribution in [3.8, 4) is 28.4 Å². The van der Waals surface area contributed by atoms with Crippen LogP contribution in [-0.4, -0.2) is 63.2 Å². The highest BCUT2D eigenvalue weighted by Gasteiger charge is 2.38. The number of carbonyl (C=O) groups excluding carboxylic acids is 1. The van der Waals surface area contributed by atoms with Gasteiger partial charge in [-0.3, -0.25) is 8.77 Å². The molecule has 2 aromatic carbocycles. The molecular weight excluding hydrogens is 737 g/mol. The number of piperidine rings is 1. The van der Waals surface area contributed by atoms with E-state index in [1.807, 2.05) is 69.3 Å². The summed E-state index contributed by atoms with van der Waals surface area (Å²) in [4.78, 5) is 27.3. The molecule has 13 heteroatoms. The van der Waals surface area contributed by atoms with Crippen LogP contribution in [0.2, 0.25) is 0 Å². The van der Waals surface area contributed by atoms with Crippen LogP contribution in [0, 0.1) is 5.92 Å². The highest BCUT2D eigenvalue weighted by Crippen LogP contribution is 2.41. The van der Waals surface area contributed by atoms with Gasteiger partial charge in [0.05, 0.1) is 19.8 Å². The Morgan fingerprint density at radius 1 is 1.06 bits per heavy atom. The largest absolute Gasteiger partial charge is 0.493 e. The van der Waals surface area contributed by atoms with E-state index in [-0.39, 0.29) is 24.9 Å². The number of aryl methyl sites for hydroxylation is 1. The van der Waals surface area contributed by atoms with Crippen LogP contribution in [0.4, 0.5) is 4.79 Å². The number of carbonyl (C=O) groups is 1. The van der Waals surface area contributed by atoms with Crippen molar-refractivity contribution < 1.29 is 31.4 Å². The number of fused-ring (bicyclic) bond motifs is 1. The minimum atomic E-state index is -1.09. The standard InChI is InChI=1S/C34H38IN3O8S/c1-33(2,3)45-32(40)37-14-11-22(12-15-37)19-43-24-6-8-25(9-7-24)44-29-10-5-23(34(41)20-42-21-34)17-27(29)28-18-36(4)31(39)30-26(28)13-16-38(30)47-46-35/h5-10,13,16-18,22,41H,11-12,14-15,19-21H2,1-4H3. The van der Waals surface area contributed by atoms with Crippen LogP contribution in [-0.2, 0) is 24.6 Å². The molecule has 2 aliphatic heterocycles. The third-order valence-electron chi connectivity index (χ3n) is 8.39. The van der Waals surface area contributed by atoms with Gasteiger partial charge >= 0.3 is 6.09 Å². The second-order valence-electron chi connectivity index (χ2n) is 13.0. The van der Waals surface area contributed by atoms with Crippen molar-refractivity contribution in [3.05, 3.63) is 76.8 Å². The summed E-state index contributed by atoms with van der Waals surface area (Å²) >= 11 is 2.83. The average Bonchev–Trinajstić information content (AvgIpc) is 3.45. The van der Waals surface area contributed by atoms with Crippen molar-refractivity contribution in [2.45, 2.75) is 44.8 Å². The Kier molecular flexibility index (Phi) is 9.81. The number of pyridine rings is 1. The van der Waals surface area contributed by atoms with Crippen LogP contribution in [0.15, 0.2) is 65.7 Å². The normalized spacial score (nSPS) is 16.6. The molecule has 4 heterocycles. The molecule has 11 nitrogen and oxygen atoms in total. The first kappa shape index (κ1) is 33.7. The highest BCUT2D eigenvalue weighted by atomic mass is 127. The van der Waals surface area contributed by atoms with Crippen LogP contribution in [0.25, 0.3) is 22.0 Å². The van der Waals surface area contributed by atoms with Gasteiger partial charge in [-0.1, -0.05) is 6.07 Å². The third-order valence-corrected chi connectivity index (χ3v) is 9.39. The Morgan fingerprint density at radius 2 is 1.77 bits per heavy atom. The molecule has 1 N–H and O–H groups in total. The Labute approximate surface area is 291 Å². The number of benzene rings is 2. The van der Waals surface area contributed by atoms with E-state index in [9.17, 15) is 14.7 Å². The number of aliphatic hydroxyl groups is 1. The molecule has 0 radical (unpaired) electrons. The minimum Gasteiger partial charge on any atom is -0.493 e. The first-order valence-corrected chi connectivity index (χ1v) is 17.0. The lowest BCUT2D eigenvalue weighted by Gasteiger charge is -2.37. The maximum atomic E-state index is 13.1. The smallest absolute Gasteiger partial charge is 0.410 e. The predicted octanol–water partition coefficient (Wildman–Crippen LogP) is 6.82. The van der Waals surface area contributed by atoms with Gasteiger partial charge in [0.25, 0.3) is 5.56 Å². The molecule has 0 atom stereocenters. The van der Waals surface area contributed by atoms with Crippen molar-refractivity contribution in [2.24, 2.45) is 13.0 Å². The molecule has 0 aliphatic carbocycles. The van der Waals surface area contributed by atoms with Crippen LogP contribution >= 0.6 is 35.2 Å². The molecule has 2 aromatic heterocycles. The number of aromatic nitrogens is 2. The lowest BCUT2D eigenvalue weighted by molar-refractivity contribution is -0.184. The molecule has 2 aliphatic rings. The second kappa shape index (κ2) is 13.7. The van der Waals surface area contributed by atoms with Crippen LogP contribution in [0.5, 0.6) is 17.2 Å². The summed E-state index contributed by atoms with van der Waals surface area (Å²) in [6.45, 7) is 7.90. The predicted molar refractivity (Wildman–Crippen MR) is 188 cm³/mol. The first-order valence-electron chi connectivity index (χ1n) is 15.4. The maximum absolute atomic E-state index is 13.1. The maximum Gasteiger partial charge on any atom is 0.410 e. The van der Waals surface area contributed by atoms with E-state index < -0.39 is 11.2 Å². The van der Waals surface area contributed by atoms with E-state index in [0.717, 1.165) is 47.3 Å². The first-order chi connectivity index (χ1) is 22.4. The SMILES string of the molecule is Cn1cc(-c2cc(C3(O)COC3)ccc2Oc2ccc(OCC3CCN(C(=O)OC(C)(C)C)CC3)cc2)c2ccn(SOI)c2c1=O. The molecule has 0 spiro atoms. The van der Waals surface area contributed by atoms with Crippen LogP contribution < -0.4 is 15.0 Å². The van der Waals surface area contributed by atoms with Gasteiger partial charge in [-0.15, -0.1) is 0 Å². The van der Waals surface area contributed by atoms with Gasteiger partial charge in [-0.25, -0.2) is 7.31 Å². The molecule has 6 rings (SSSR count). The Morgan fingerprint density at radius 3 is 2.40 bits per heavy atom. The van der Waals surface area contributed by atoms with E-state index in [0.29, 0.717) is 48.2 Å². The fourth-order valence-electron chi connectivity index (χ4n) is 5.77. The van der Waals surface area contributed by atoms with Gasteiger partial charge in [-0.05, 0) is 87.6 Å². The zero-order chi connectivity index (χ0) is 33.3. The molecule has 2 fully saturated rings. The summed E-state index contributed by atoms with van der Waals surface area (Å²) in [5.41, 5.74) is 0.922. The summed E-state index contributed by atoms with van der Waals surface area (Å²) in [7, 11) is 1.71. The van der Waals surface area contributed by atoms with Crippen molar-refractivity contribution >= 4 is 52.2 Å². The van der Waals surface area contributed by atoms with Crippen LogP contribution in [0.3, 0.4) is 0 Å². The number of rotatable bonds is 9. The summed E-state index contributed by atoms with van der Waals surface area (Å²) in [6.07, 6.45) is 5.02. The monoisotopic (exact) mass is 775 g/mol. The number of nitrogens with zero attached hydrogens (tertiary/aromatic N) is 3. The fourth-order valence-corrected chi connectivity index (χ4v) is 6.71. The van der Waals surface area contributed by atoms with Gasteiger partial charge in [0.1, 0.15) is 69.2 Å². The van der Waals surface area contributed by atoms with E-state index >= 15 is 0 Å². The van der Waals surface area contributed by atoms with E-state index in [2.05, 4.69) is 0 Å². The van der Waals surface area contributed by atoms with Crippen molar-refractivity contribution in [1.29, 1.82) is 0 Å². The number of hydrogen-bond acceptors (Lipinski definition) is 9. The third kappa shape index (κ3) is 7.43. The van der Waals surface area contributed by atoms with Gasteiger partial charge in [0, 0.05) is 49.0 Å². The van der Waals surface area contributed by atoms with Gasteiger partial charge in [-0.2, -0.15) is 0 Å². The molecule has 1 amide bonds. The number of ether oxygens (including phenoxy) is 4. The van der Waals surface area contributed by atoms with Gasteiger partial charge < -0.3 is 33.5 Å². The molecule has 0 bridgehead atoms. The molecule has 47 heavy (non-hydrogen) atoms. The Balaban J connectivity index is 1.19. The van der Waals surface area contributed by atoms with E-state index in [1.54, 1.807) is 51.3 Å². The Bertz CT molecular complexity index is 1810. The van der Waals surface area contributed by atoms with Crippen molar-refractivity contribution in [1.82, 2.24) is 13.4 Å². The van der Waals surface area contributed by atoms with Crippen LogP contribution in [0.1, 0.15) is 39.2 Å². The zero-order valence-corrected chi connectivity index (χ0v) is 29.7. The fraction of sp³-hybridized carbons (Fsp3) is 0.412. The topological polar surface area (TPSA) is 114 Å². The number of amides is 1. The summed E-state index contributed by atoms with van der Waals surface area (Å²) in [6, 6.07) is 14.9. The number of halogens is 1. The number of likely N-dealkylation sites (tertiary alicyclic amines) is 1. The van der Waals surface area contributed by atoms with Gasteiger partial charge in [0.2, 0.25) is 0 Å². The quantitative estimate of drug-likeness (QED) is 0.145. The lowest BCUT2D eigenvalue weighted by atomic mass is 9.89. The van der Waals surface area contributed by atoms with Crippen molar-refractivity contribution in [2.75, 3.05) is 32.9 Å². The van der Waals surface area contributed by atoms with E-state index in [1.165, 1.54) is 4.57 Å². The summed E-state index contributed by atoms with van der Waals surface area (Å²) in [5, 5.41) is 11.8. The molecule has 2 saturated heterocycles. The lowest BCUT2D eigenvalue weighted by Crippen LogP contribution is -2.46.